The quantitative estimate of drug-likeness (QED) is 0.300. The molecule has 0 heterocycles. The van der Waals surface area contributed by atoms with E-state index in [0.717, 1.165) is 36.8 Å². The van der Waals surface area contributed by atoms with Crippen molar-refractivity contribution in [3.8, 4) is 5.75 Å². The van der Waals surface area contributed by atoms with E-state index in [1.54, 1.807) is 14.2 Å². The molecule has 0 saturated carbocycles. The number of nitrogens with zero attached hydrogens (tertiary/aromatic N) is 1. The van der Waals surface area contributed by atoms with Crippen LogP contribution in [0.1, 0.15) is 12.0 Å². The lowest BCUT2D eigenvalue weighted by Crippen LogP contribution is -2.39. The Balaban J connectivity index is 0.00000400. The van der Waals surface area contributed by atoms with Gasteiger partial charge in [0.2, 0.25) is 0 Å². The highest BCUT2D eigenvalue weighted by atomic mass is 127. The van der Waals surface area contributed by atoms with Gasteiger partial charge >= 0.3 is 0 Å². The molecule has 0 radical (unpaired) electrons. The minimum absolute atomic E-state index is 0. The zero-order valence-electron chi connectivity index (χ0n) is 13.0. The highest BCUT2D eigenvalue weighted by Gasteiger charge is 1.98. The summed E-state index contributed by atoms with van der Waals surface area (Å²) in [7, 11) is 3.44. The molecule has 2 N–H and O–H groups in total. The second-order valence-corrected chi connectivity index (χ2v) is 4.39. The Kier molecular flexibility index (Phi) is 12.1. The first-order valence-electron chi connectivity index (χ1n) is 6.90. The topological polar surface area (TPSA) is 54.9 Å². The summed E-state index contributed by atoms with van der Waals surface area (Å²) in [6, 6.07) is 8.05. The molecule has 0 fully saturated rings. The SMILES string of the molecule is CN=C(NCCCOc1ccccc1C)NCCOC.I. The lowest BCUT2D eigenvalue weighted by Gasteiger charge is -2.12. The molecule has 1 rings (SSSR count). The summed E-state index contributed by atoms with van der Waals surface area (Å²) in [6.45, 7) is 4.97. The van der Waals surface area contributed by atoms with Crippen LogP contribution in [0.2, 0.25) is 0 Å². The van der Waals surface area contributed by atoms with Gasteiger partial charge in [0.05, 0.1) is 13.2 Å². The van der Waals surface area contributed by atoms with Crippen LogP contribution in [0.25, 0.3) is 0 Å². The summed E-state index contributed by atoms with van der Waals surface area (Å²) in [4.78, 5) is 4.13. The van der Waals surface area contributed by atoms with Crippen LogP contribution in [0, 0.1) is 6.92 Å². The van der Waals surface area contributed by atoms with Gasteiger partial charge in [-0.1, -0.05) is 18.2 Å². The molecule has 1 aromatic carbocycles. The van der Waals surface area contributed by atoms with E-state index in [2.05, 4.69) is 28.6 Å². The molecule has 0 amide bonds. The summed E-state index contributed by atoms with van der Waals surface area (Å²) in [5, 5.41) is 6.39. The Bertz CT molecular complexity index is 414. The molecule has 0 aliphatic heterocycles. The van der Waals surface area contributed by atoms with Crippen molar-refractivity contribution in [3.05, 3.63) is 29.8 Å². The fourth-order valence-electron chi connectivity index (χ4n) is 1.67. The number of aryl methyl sites for hydroxylation is 1. The van der Waals surface area contributed by atoms with E-state index in [-0.39, 0.29) is 24.0 Å². The molecule has 5 nitrogen and oxygen atoms in total. The fraction of sp³-hybridized carbons (Fsp3) is 0.533. The number of methoxy groups -OCH3 is 1. The van der Waals surface area contributed by atoms with Gasteiger partial charge in [-0.25, -0.2) is 0 Å². The number of ether oxygens (including phenoxy) is 2. The first kappa shape index (κ1) is 20.0. The van der Waals surface area contributed by atoms with Crippen LogP contribution in [-0.2, 0) is 4.74 Å². The van der Waals surface area contributed by atoms with Crippen LogP contribution in [0.5, 0.6) is 5.75 Å². The molecule has 1 aromatic rings. The van der Waals surface area contributed by atoms with E-state index < -0.39 is 0 Å². The van der Waals surface area contributed by atoms with Gasteiger partial charge in [0.15, 0.2) is 5.96 Å². The third kappa shape index (κ3) is 8.77. The molecule has 0 aromatic heterocycles. The summed E-state index contributed by atoms with van der Waals surface area (Å²) in [5.74, 6) is 1.74. The van der Waals surface area contributed by atoms with Crippen molar-refractivity contribution in [2.24, 2.45) is 4.99 Å². The second kappa shape index (κ2) is 12.7. The van der Waals surface area contributed by atoms with E-state index in [1.165, 1.54) is 0 Å². The third-order valence-corrected chi connectivity index (χ3v) is 2.79. The van der Waals surface area contributed by atoms with E-state index in [0.29, 0.717) is 13.2 Å². The molecular weight excluding hydrogens is 381 g/mol. The summed E-state index contributed by atoms with van der Waals surface area (Å²) >= 11 is 0. The molecule has 6 heteroatoms. The molecule has 0 unspecified atom stereocenters. The van der Waals surface area contributed by atoms with Gasteiger partial charge in [-0.2, -0.15) is 0 Å². The second-order valence-electron chi connectivity index (χ2n) is 4.39. The Morgan fingerprint density at radius 2 is 1.86 bits per heavy atom. The summed E-state index contributed by atoms with van der Waals surface area (Å²) in [6.07, 6.45) is 0.916. The number of benzene rings is 1. The highest BCUT2D eigenvalue weighted by molar-refractivity contribution is 14.0. The molecule has 21 heavy (non-hydrogen) atoms. The minimum Gasteiger partial charge on any atom is -0.493 e. The molecule has 120 valence electrons. The van der Waals surface area contributed by atoms with Crippen molar-refractivity contribution >= 4 is 29.9 Å². The van der Waals surface area contributed by atoms with Gasteiger partial charge in [0.25, 0.3) is 0 Å². The minimum atomic E-state index is 0. The maximum absolute atomic E-state index is 5.73. The van der Waals surface area contributed by atoms with Crippen LogP contribution < -0.4 is 15.4 Å². The standard InChI is InChI=1S/C15H25N3O2.HI/c1-13-7-4-5-8-14(13)20-11-6-9-17-15(16-2)18-10-12-19-3;/h4-5,7-8H,6,9-12H2,1-3H3,(H2,16,17,18);1H. The van der Waals surface area contributed by atoms with Crippen LogP contribution in [0.4, 0.5) is 0 Å². The van der Waals surface area contributed by atoms with E-state index in [1.807, 2.05) is 18.2 Å². The van der Waals surface area contributed by atoms with E-state index in [9.17, 15) is 0 Å². The number of nitrogens with one attached hydrogen (secondary N) is 2. The number of hydrogen-bond acceptors (Lipinski definition) is 3. The number of guanidine groups is 1. The van der Waals surface area contributed by atoms with Crippen LogP contribution in [0.15, 0.2) is 29.3 Å². The predicted molar refractivity (Wildman–Crippen MR) is 97.9 cm³/mol. The van der Waals surface area contributed by atoms with Crippen molar-refractivity contribution in [1.29, 1.82) is 0 Å². The van der Waals surface area contributed by atoms with Gasteiger partial charge in [-0.05, 0) is 25.0 Å². The van der Waals surface area contributed by atoms with Crippen molar-refractivity contribution in [2.75, 3.05) is 40.5 Å². The monoisotopic (exact) mass is 407 g/mol. The third-order valence-electron chi connectivity index (χ3n) is 2.79. The van der Waals surface area contributed by atoms with Crippen LogP contribution in [0.3, 0.4) is 0 Å². The average Bonchev–Trinajstić information content (AvgIpc) is 2.47. The molecule has 0 saturated heterocycles. The first-order valence-corrected chi connectivity index (χ1v) is 6.90. The molecule has 0 aliphatic carbocycles. The molecule has 0 aliphatic rings. The largest absolute Gasteiger partial charge is 0.493 e. The fourth-order valence-corrected chi connectivity index (χ4v) is 1.67. The smallest absolute Gasteiger partial charge is 0.191 e. The van der Waals surface area contributed by atoms with Crippen molar-refractivity contribution < 1.29 is 9.47 Å². The molecule has 0 atom stereocenters. The van der Waals surface area contributed by atoms with E-state index in [4.69, 9.17) is 9.47 Å². The number of para-hydroxylation sites is 1. The van der Waals surface area contributed by atoms with Gasteiger partial charge in [-0.3, -0.25) is 4.99 Å². The predicted octanol–water partition coefficient (Wildman–Crippen LogP) is 2.19. The average molecular weight is 407 g/mol. The Morgan fingerprint density at radius 3 is 2.52 bits per heavy atom. The number of rotatable bonds is 8. The maximum Gasteiger partial charge on any atom is 0.191 e. The van der Waals surface area contributed by atoms with Crippen LogP contribution >= 0.6 is 24.0 Å². The van der Waals surface area contributed by atoms with Gasteiger partial charge in [0.1, 0.15) is 5.75 Å². The Hall–Kier alpha value is -1.02. The Labute approximate surface area is 144 Å². The lowest BCUT2D eigenvalue weighted by molar-refractivity contribution is 0.203. The summed E-state index contributed by atoms with van der Waals surface area (Å²) in [5.41, 5.74) is 1.16. The first-order chi connectivity index (χ1) is 9.77. The molecule has 0 spiro atoms. The van der Waals surface area contributed by atoms with Gasteiger partial charge in [0, 0.05) is 27.2 Å². The van der Waals surface area contributed by atoms with Crippen molar-refractivity contribution in [2.45, 2.75) is 13.3 Å². The summed E-state index contributed by atoms with van der Waals surface area (Å²) < 4.78 is 10.7. The van der Waals surface area contributed by atoms with Gasteiger partial charge in [-0.15, -0.1) is 24.0 Å². The number of halogens is 1. The van der Waals surface area contributed by atoms with E-state index >= 15 is 0 Å². The number of aliphatic imine (C=N–C) groups is 1. The highest BCUT2D eigenvalue weighted by Crippen LogP contribution is 2.15. The number of hydrogen-bond donors (Lipinski definition) is 2. The molecular formula is C15H26IN3O2. The zero-order chi connectivity index (χ0) is 14.6. The zero-order valence-corrected chi connectivity index (χ0v) is 15.3. The van der Waals surface area contributed by atoms with Crippen molar-refractivity contribution in [1.82, 2.24) is 10.6 Å². The van der Waals surface area contributed by atoms with Crippen LogP contribution in [-0.4, -0.2) is 46.4 Å². The van der Waals surface area contributed by atoms with Gasteiger partial charge < -0.3 is 20.1 Å². The maximum atomic E-state index is 5.73. The molecule has 0 bridgehead atoms. The normalized spacial score (nSPS) is 10.7. The van der Waals surface area contributed by atoms with Crippen molar-refractivity contribution in [3.63, 3.8) is 0 Å². The lowest BCUT2D eigenvalue weighted by atomic mass is 10.2. The Morgan fingerprint density at radius 1 is 1.14 bits per heavy atom.